The fourth-order valence-electron chi connectivity index (χ4n) is 1.59. The van der Waals surface area contributed by atoms with Crippen molar-refractivity contribution >= 4 is 23.0 Å². The van der Waals surface area contributed by atoms with Crippen LogP contribution in [0, 0.1) is 10.1 Å². The van der Waals surface area contributed by atoms with Crippen LogP contribution in [0.4, 0.5) is 11.4 Å². The third kappa shape index (κ3) is 2.15. The fraction of sp³-hybridized carbons (Fsp3) is 0.273. The molecule has 0 bridgehead atoms. The molecule has 1 amide bonds. The molecule has 1 aliphatic heterocycles. The van der Waals surface area contributed by atoms with Crippen molar-refractivity contribution in [3.63, 3.8) is 0 Å². The van der Waals surface area contributed by atoms with Gasteiger partial charge < -0.3 is 0 Å². The van der Waals surface area contributed by atoms with Crippen LogP contribution in [0.3, 0.4) is 0 Å². The van der Waals surface area contributed by atoms with Crippen LogP contribution in [0.15, 0.2) is 29.4 Å². The summed E-state index contributed by atoms with van der Waals surface area (Å²) in [6.45, 7) is 1.94. The molecular weight excluding hydrogens is 222 g/mol. The number of carbonyl (C=O) groups is 1. The molecule has 6 heteroatoms. The second-order valence-electron chi connectivity index (χ2n) is 3.68. The molecule has 1 aliphatic rings. The summed E-state index contributed by atoms with van der Waals surface area (Å²) >= 11 is 0. The van der Waals surface area contributed by atoms with E-state index in [0.717, 1.165) is 12.1 Å². The molecule has 1 heterocycles. The average Bonchev–Trinajstić information content (AvgIpc) is 2.71. The van der Waals surface area contributed by atoms with Gasteiger partial charge in [0.05, 0.1) is 17.0 Å². The molecule has 6 nitrogen and oxygen atoms in total. The normalized spacial score (nSPS) is 15.0. The Morgan fingerprint density at radius 3 is 2.53 bits per heavy atom. The molecule has 0 fully saturated rings. The number of hydrogen-bond acceptors (Lipinski definition) is 4. The SMILES string of the molecule is CCC1=NN(c2ccc([N+](=O)[O-])cc2)C(=O)C1. The van der Waals surface area contributed by atoms with Gasteiger partial charge in [-0.1, -0.05) is 6.92 Å². The second kappa shape index (κ2) is 4.32. The van der Waals surface area contributed by atoms with Gasteiger partial charge in [-0.15, -0.1) is 0 Å². The zero-order valence-electron chi connectivity index (χ0n) is 9.29. The molecule has 0 aliphatic carbocycles. The van der Waals surface area contributed by atoms with Crippen LogP contribution >= 0.6 is 0 Å². The molecular formula is C11H11N3O3. The molecule has 17 heavy (non-hydrogen) atoms. The van der Waals surface area contributed by atoms with Gasteiger partial charge in [-0.25, -0.2) is 5.01 Å². The maximum Gasteiger partial charge on any atom is 0.269 e. The zero-order chi connectivity index (χ0) is 12.4. The van der Waals surface area contributed by atoms with Gasteiger partial charge in [0.25, 0.3) is 11.6 Å². The van der Waals surface area contributed by atoms with Crippen molar-refractivity contribution in [2.75, 3.05) is 5.01 Å². The summed E-state index contributed by atoms with van der Waals surface area (Å²) < 4.78 is 0. The number of benzene rings is 1. The van der Waals surface area contributed by atoms with Crippen LogP contribution in [0.25, 0.3) is 0 Å². The number of amides is 1. The maximum absolute atomic E-state index is 11.6. The molecule has 0 saturated heterocycles. The number of nitro benzene ring substituents is 1. The third-order valence-electron chi connectivity index (χ3n) is 2.55. The third-order valence-corrected chi connectivity index (χ3v) is 2.55. The lowest BCUT2D eigenvalue weighted by Gasteiger charge is -2.10. The van der Waals surface area contributed by atoms with E-state index in [1.165, 1.54) is 29.3 Å². The minimum absolute atomic E-state index is 0.0000838. The van der Waals surface area contributed by atoms with Crippen LogP contribution in [0.2, 0.25) is 0 Å². The first-order chi connectivity index (χ1) is 8.11. The van der Waals surface area contributed by atoms with Crippen molar-refractivity contribution in [1.29, 1.82) is 0 Å². The number of hydrogen-bond donors (Lipinski definition) is 0. The van der Waals surface area contributed by atoms with Crippen LogP contribution in [-0.2, 0) is 4.79 Å². The van der Waals surface area contributed by atoms with Crippen molar-refractivity contribution in [2.24, 2.45) is 5.10 Å². The van der Waals surface area contributed by atoms with Crippen molar-refractivity contribution in [3.8, 4) is 0 Å². The molecule has 0 atom stereocenters. The Morgan fingerprint density at radius 2 is 2.06 bits per heavy atom. The Balaban J connectivity index is 2.26. The highest BCUT2D eigenvalue weighted by Crippen LogP contribution is 2.23. The largest absolute Gasteiger partial charge is 0.272 e. The van der Waals surface area contributed by atoms with Crippen LogP contribution < -0.4 is 5.01 Å². The first-order valence-corrected chi connectivity index (χ1v) is 5.25. The van der Waals surface area contributed by atoms with Gasteiger partial charge in [0.2, 0.25) is 0 Å². The van der Waals surface area contributed by atoms with Gasteiger partial charge in [0.1, 0.15) is 0 Å². The first-order valence-electron chi connectivity index (χ1n) is 5.25. The minimum atomic E-state index is -0.476. The summed E-state index contributed by atoms with van der Waals surface area (Å²) in [5.74, 6) is -0.101. The minimum Gasteiger partial charge on any atom is -0.272 e. The monoisotopic (exact) mass is 233 g/mol. The number of non-ortho nitro benzene ring substituents is 1. The smallest absolute Gasteiger partial charge is 0.269 e. The summed E-state index contributed by atoms with van der Waals surface area (Å²) in [5.41, 5.74) is 1.39. The fourth-order valence-corrected chi connectivity index (χ4v) is 1.59. The number of nitrogens with zero attached hydrogens (tertiary/aromatic N) is 3. The number of rotatable bonds is 3. The van der Waals surface area contributed by atoms with E-state index in [1.807, 2.05) is 6.92 Å². The number of hydrazone groups is 1. The Kier molecular flexibility index (Phi) is 2.86. The van der Waals surface area contributed by atoms with Gasteiger partial charge in [0.15, 0.2) is 0 Å². The Morgan fingerprint density at radius 1 is 1.41 bits per heavy atom. The van der Waals surface area contributed by atoms with E-state index < -0.39 is 4.92 Å². The highest BCUT2D eigenvalue weighted by Gasteiger charge is 2.24. The van der Waals surface area contributed by atoms with Crippen molar-refractivity contribution in [1.82, 2.24) is 0 Å². The molecule has 0 aromatic heterocycles. The van der Waals surface area contributed by atoms with Crippen molar-refractivity contribution in [2.45, 2.75) is 19.8 Å². The maximum atomic E-state index is 11.6. The van der Waals surface area contributed by atoms with Crippen LogP contribution in [0.1, 0.15) is 19.8 Å². The van der Waals surface area contributed by atoms with Gasteiger partial charge in [-0.2, -0.15) is 5.10 Å². The molecule has 0 N–H and O–H groups in total. The molecule has 88 valence electrons. The Bertz CT molecular complexity index is 493. The van der Waals surface area contributed by atoms with E-state index in [-0.39, 0.29) is 11.6 Å². The molecule has 1 aromatic carbocycles. The summed E-state index contributed by atoms with van der Waals surface area (Å²) in [5, 5.41) is 16.0. The lowest BCUT2D eigenvalue weighted by atomic mass is 10.2. The van der Waals surface area contributed by atoms with Crippen LogP contribution in [-0.4, -0.2) is 16.5 Å². The first kappa shape index (κ1) is 11.3. The van der Waals surface area contributed by atoms with Gasteiger partial charge in [0, 0.05) is 17.8 Å². The lowest BCUT2D eigenvalue weighted by Crippen LogP contribution is -2.19. The van der Waals surface area contributed by atoms with E-state index in [1.54, 1.807) is 0 Å². The average molecular weight is 233 g/mol. The summed E-state index contributed by atoms with van der Waals surface area (Å²) in [6.07, 6.45) is 1.06. The number of carbonyl (C=O) groups excluding carboxylic acids is 1. The quantitative estimate of drug-likeness (QED) is 0.592. The van der Waals surface area contributed by atoms with E-state index in [0.29, 0.717) is 12.1 Å². The van der Waals surface area contributed by atoms with Crippen molar-refractivity contribution < 1.29 is 9.72 Å². The molecule has 0 spiro atoms. The van der Waals surface area contributed by atoms with Crippen LogP contribution in [0.5, 0.6) is 0 Å². The lowest BCUT2D eigenvalue weighted by molar-refractivity contribution is -0.384. The Hall–Kier alpha value is -2.24. The Labute approximate surface area is 97.7 Å². The highest BCUT2D eigenvalue weighted by atomic mass is 16.6. The molecule has 1 aromatic rings. The van der Waals surface area contributed by atoms with E-state index >= 15 is 0 Å². The van der Waals surface area contributed by atoms with Gasteiger partial charge in [-0.3, -0.25) is 14.9 Å². The van der Waals surface area contributed by atoms with Gasteiger partial charge in [-0.05, 0) is 18.6 Å². The zero-order valence-corrected chi connectivity index (χ0v) is 9.29. The van der Waals surface area contributed by atoms with E-state index in [2.05, 4.69) is 5.10 Å². The summed E-state index contributed by atoms with van der Waals surface area (Å²) in [6, 6.07) is 5.78. The summed E-state index contributed by atoms with van der Waals surface area (Å²) in [7, 11) is 0. The van der Waals surface area contributed by atoms with Gasteiger partial charge >= 0.3 is 0 Å². The molecule has 0 saturated carbocycles. The topological polar surface area (TPSA) is 75.8 Å². The molecule has 0 radical (unpaired) electrons. The van der Waals surface area contributed by atoms with Crippen molar-refractivity contribution in [3.05, 3.63) is 34.4 Å². The number of nitro groups is 1. The van der Waals surface area contributed by atoms with E-state index in [4.69, 9.17) is 0 Å². The standard InChI is InChI=1S/C11H11N3O3/c1-2-8-7-11(15)13(12-8)9-3-5-10(6-4-9)14(16)17/h3-6H,2,7H2,1H3. The van der Waals surface area contributed by atoms with E-state index in [9.17, 15) is 14.9 Å². The highest BCUT2D eigenvalue weighted by molar-refractivity contribution is 6.12. The molecule has 2 rings (SSSR count). The summed E-state index contributed by atoms with van der Waals surface area (Å²) in [4.78, 5) is 21.7. The predicted molar refractivity (Wildman–Crippen MR) is 62.9 cm³/mol. The number of anilines is 1. The second-order valence-corrected chi connectivity index (χ2v) is 3.68. The molecule has 0 unspecified atom stereocenters. The predicted octanol–water partition coefficient (Wildman–Crippen LogP) is 2.10.